The summed E-state index contributed by atoms with van der Waals surface area (Å²) in [5.74, 6) is -0.196. The lowest BCUT2D eigenvalue weighted by Gasteiger charge is -2.38. The SMILES string of the molecule is Cc1ccc2c(c1)NC(=O)C(C)(C(=O)N1CCc3ccccc3C1)O2. The summed E-state index contributed by atoms with van der Waals surface area (Å²) in [6, 6.07) is 13.6. The van der Waals surface area contributed by atoms with Crippen molar-refractivity contribution in [1.29, 1.82) is 0 Å². The van der Waals surface area contributed by atoms with E-state index in [1.54, 1.807) is 17.9 Å². The van der Waals surface area contributed by atoms with Crippen LogP contribution >= 0.6 is 0 Å². The molecule has 2 amide bonds. The summed E-state index contributed by atoms with van der Waals surface area (Å²) in [4.78, 5) is 27.5. The molecule has 0 aliphatic carbocycles. The van der Waals surface area contributed by atoms with E-state index in [2.05, 4.69) is 11.4 Å². The summed E-state index contributed by atoms with van der Waals surface area (Å²) in [5.41, 5.74) is 2.46. The highest BCUT2D eigenvalue weighted by Crippen LogP contribution is 2.35. The number of nitrogens with zero attached hydrogens (tertiary/aromatic N) is 1. The van der Waals surface area contributed by atoms with Gasteiger partial charge < -0.3 is 15.0 Å². The van der Waals surface area contributed by atoms with Gasteiger partial charge in [0.1, 0.15) is 5.75 Å². The van der Waals surface area contributed by atoms with Gasteiger partial charge in [0.15, 0.2) is 0 Å². The molecule has 2 aliphatic rings. The number of fused-ring (bicyclic) bond motifs is 2. The van der Waals surface area contributed by atoms with E-state index in [9.17, 15) is 9.59 Å². The van der Waals surface area contributed by atoms with E-state index >= 15 is 0 Å². The van der Waals surface area contributed by atoms with Crippen LogP contribution in [0.15, 0.2) is 42.5 Å². The predicted molar refractivity (Wildman–Crippen MR) is 94.4 cm³/mol. The molecule has 2 aromatic carbocycles. The first-order valence-corrected chi connectivity index (χ1v) is 8.45. The highest BCUT2D eigenvalue weighted by Gasteiger charge is 2.49. The van der Waals surface area contributed by atoms with Crippen LogP contribution in [-0.2, 0) is 22.6 Å². The van der Waals surface area contributed by atoms with Gasteiger partial charge in [-0.3, -0.25) is 9.59 Å². The number of carbonyl (C=O) groups is 2. The molecular formula is C20H20N2O3. The molecule has 0 spiro atoms. The minimum atomic E-state index is -1.55. The van der Waals surface area contributed by atoms with Gasteiger partial charge in [0.2, 0.25) is 0 Å². The molecule has 4 rings (SSSR count). The molecule has 25 heavy (non-hydrogen) atoms. The molecule has 128 valence electrons. The molecule has 1 atom stereocenters. The Kier molecular flexibility index (Phi) is 3.53. The second-order valence-corrected chi connectivity index (χ2v) is 6.83. The Balaban J connectivity index is 1.61. The fraction of sp³-hybridized carbons (Fsp3) is 0.300. The zero-order chi connectivity index (χ0) is 17.6. The number of anilines is 1. The van der Waals surface area contributed by atoms with Crippen LogP contribution in [-0.4, -0.2) is 28.9 Å². The van der Waals surface area contributed by atoms with Gasteiger partial charge in [0, 0.05) is 13.1 Å². The van der Waals surface area contributed by atoms with Crippen LogP contribution in [0.3, 0.4) is 0 Å². The van der Waals surface area contributed by atoms with E-state index in [-0.39, 0.29) is 5.91 Å². The number of amides is 2. The van der Waals surface area contributed by atoms with Crippen molar-refractivity contribution in [2.24, 2.45) is 0 Å². The van der Waals surface area contributed by atoms with E-state index in [0.717, 1.165) is 17.5 Å². The van der Waals surface area contributed by atoms with Crippen LogP contribution in [0.1, 0.15) is 23.6 Å². The fourth-order valence-electron chi connectivity index (χ4n) is 3.45. The van der Waals surface area contributed by atoms with Crippen molar-refractivity contribution in [3.05, 3.63) is 59.2 Å². The number of ether oxygens (including phenoxy) is 1. The summed E-state index contributed by atoms with van der Waals surface area (Å²) in [7, 11) is 0. The van der Waals surface area contributed by atoms with E-state index in [4.69, 9.17) is 4.74 Å². The molecule has 0 aromatic heterocycles. The molecule has 2 heterocycles. The average molecular weight is 336 g/mol. The van der Waals surface area contributed by atoms with Crippen molar-refractivity contribution in [2.45, 2.75) is 32.4 Å². The minimum absolute atomic E-state index is 0.300. The molecule has 0 fully saturated rings. The standard InChI is InChI=1S/C20H20N2O3/c1-13-7-8-17-16(11-13)21-18(23)20(2,25-17)19(24)22-10-9-14-5-3-4-6-15(14)12-22/h3-8,11H,9-10,12H2,1-2H3,(H,21,23). The normalized spacial score (nSPS) is 21.7. The number of carbonyl (C=O) groups excluding carboxylic acids is 2. The number of benzene rings is 2. The van der Waals surface area contributed by atoms with Crippen LogP contribution in [0.25, 0.3) is 0 Å². The monoisotopic (exact) mass is 336 g/mol. The molecule has 1 N–H and O–H groups in total. The third kappa shape index (κ3) is 2.56. The Bertz CT molecular complexity index is 877. The lowest BCUT2D eigenvalue weighted by atomic mass is 9.96. The Labute approximate surface area is 146 Å². The minimum Gasteiger partial charge on any atom is -0.466 e. The third-order valence-electron chi connectivity index (χ3n) is 4.96. The number of aryl methyl sites for hydroxylation is 1. The van der Waals surface area contributed by atoms with Crippen molar-refractivity contribution in [3.63, 3.8) is 0 Å². The number of hydrogen-bond donors (Lipinski definition) is 1. The van der Waals surface area contributed by atoms with Crippen molar-refractivity contribution in [1.82, 2.24) is 4.90 Å². The van der Waals surface area contributed by atoms with Crippen LogP contribution in [0, 0.1) is 6.92 Å². The van der Waals surface area contributed by atoms with Crippen molar-refractivity contribution < 1.29 is 14.3 Å². The van der Waals surface area contributed by atoms with Crippen LogP contribution in [0.4, 0.5) is 5.69 Å². The lowest BCUT2D eigenvalue weighted by Crippen LogP contribution is -2.60. The van der Waals surface area contributed by atoms with Crippen LogP contribution in [0.2, 0.25) is 0 Å². The molecular weight excluding hydrogens is 316 g/mol. The van der Waals surface area contributed by atoms with Crippen molar-refractivity contribution >= 4 is 17.5 Å². The van der Waals surface area contributed by atoms with Crippen LogP contribution in [0.5, 0.6) is 5.75 Å². The number of rotatable bonds is 1. The molecule has 0 radical (unpaired) electrons. The maximum absolute atomic E-state index is 13.1. The van der Waals surface area contributed by atoms with Gasteiger partial charge in [-0.15, -0.1) is 0 Å². The Morgan fingerprint density at radius 2 is 1.96 bits per heavy atom. The quantitative estimate of drug-likeness (QED) is 0.815. The van der Waals surface area contributed by atoms with Gasteiger partial charge >= 0.3 is 0 Å². The zero-order valence-corrected chi connectivity index (χ0v) is 14.3. The largest absolute Gasteiger partial charge is 0.466 e. The van der Waals surface area contributed by atoms with E-state index in [1.165, 1.54) is 5.56 Å². The maximum Gasteiger partial charge on any atom is 0.278 e. The lowest BCUT2D eigenvalue weighted by molar-refractivity contribution is -0.155. The maximum atomic E-state index is 13.1. The van der Waals surface area contributed by atoms with Gasteiger partial charge in [-0.2, -0.15) is 0 Å². The zero-order valence-electron chi connectivity index (χ0n) is 14.3. The Morgan fingerprint density at radius 3 is 2.76 bits per heavy atom. The molecule has 5 heteroatoms. The first-order valence-electron chi connectivity index (χ1n) is 8.45. The van der Waals surface area contributed by atoms with Crippen molar-refractivity contribution in [2.75, 3.05) is 11.9 Å². The summed E-state index contributed by atoms with van der Waals surface area (Å²) in [6.07, 6.45) is 0.787. The molecule has 0 saturated carbocycles. The molecule has 5 nitrogen and oxygen atoms in total. The van der Waals surface area contributed by atoms with E-state index in [0.29, 0.717) is 24.5 Å². The fourth-order valence-corrected chi connectivity index (χ4v) is 3.45. The third-order valence-corrected chi connectivity index (χ3v) is 4.96. The second-order valence-electron chi connectivity index (χ2n) is 6.83. The van der Waals surface area contributed by atoms with Crippen molar-refractivity contribution in [3.8, 4) is 5.75 Å². The Morgan fingerprint density at radius 1 is 1.20 bits per heavy atom. The highest BCUT2D eigenvalue weighted by atomic mass is 16.5. The number of nitrogens with one attached hydrogen (secondary N) is 1. The first kappa shape index (κ1) is 15.7. The molecule has 0 bridgehead atoms. The summed E-state index contributed by atoms with van der Waals surface area (Å²) >= 11 is 0. The second kappa shape index (κ2) is 5.62. The first-order chi connectivity index (χ1) is 12.0. The smallest absolute Gasteiger partial charge is 0.278 e. The Hall–Kier alpha value is -2.82. The van der Waals surface area contributed by atoms with E-state index in [1.807, 2.05) is 37.3 Å². The molecule has 2 aromatic rings. The number of hydrogen-bond acceptors (Lipinski definition) is 3. The summed E-state index contributed by atoms with van der Waals surface area (Å²) in [5, 5.41) is 2.82. The highest BCUT2D eigenvalue weighted by molar-refractivity contribution is 6.15. The van der Waals surface area contributed by atoms with Gasteiger partial charge in [-0.25, -0.2) is 0 Å². The van der Waals surface area contributed by atoms with Gasteiger partial charge in [-0.1, -0.05) is 30.3 Å². The predicted octanol–water partition coefficient (Wildman–Crippen LogP) is 2.67. The topological polar surface area (TPSA) is 58.6 Å². The van der Waals surface area contributed by atoms with Crippen LogP contribution < -0.4 is 10.1 Å². The molecule has 0 saturated heterocycles. The average Bonchev–Trinajstić information content (AvgIpc) is 2.62. The van der Waals surface area contributed by atoms with E-state index < -0.39 is 11.5 Å². The summed E-state index contributed by atoms with van der Waals surface area (Å²) < 4.78 is 5.89. The van der Waals surface area contributed by atoms with Gasteiger partial charge in [0.05, 0.1) is 5.69 Å². The molecule has 1 unspecified atom stereocenters. The molecule has 2 aliphatic heterocycles. The van der Waals surface area contributed by atoms with Gasteiger partial charge in [-0.05, 0) is 49.1 Å². The van der Waals surface area contributed by atoms with Gasteiger partial charge in [0.25, 0.3) is 17.4 Å². The summed E-state index contributed by atoms with van der Waals surface area (Å²) in [6.45, 7) is 4.58.